The van der Waals surface area contributed by atoms with Gasteiger partial charge in [-0.25, -0.2) is 0 Å². The topological polar surface area (TPSA) is 14.1 Å². The van der Waals surface area contributed by atoms with E-state index in [1.807, 2.05) is 12.1 Å². The van der Waals surface area contributed by atoms with Crippen LogP contribution in [0, 0.1) is 0 Å². The van der Waals surface area contributed by atoms with Gasteiger partial charge in [0.1, 0.15) is 0 Å². The number of hydrogen-bond donors (Lipinski definition) is 0. The van der Waals surface area contributed by atoms with Crippen LogP contribution < -0.4 is 18.9 Å². The van der Waals surface area contributed by atoms with E-state index in [-0.39, 0.29) is 18.9 Å². The summed E-state index contributed by atoms with van der Waals surface area (Å²) in [6, 6.07) is 20.9. The van der Waals surface area contributed by atoms with Gasteiger partial charge in [0.2, 0.25) is 0 Å². The molecule has 82 valence electrons. The Balaban J connectivity index is 0.00000144. The Bertz CT molecular complexity index is 358. The molecule has 2 aromatic carbocycles. The average molecular weight is 217 g/mol. The Labute approximate surface area is 115 Å². The van der Waals surface area contributed by atoms with Crippen LogP contribution in [0.25, 0.3) is 5.32 Å². The van der Waals surface area contributed by atoms with E-state index in [9.17, 15) is 0 Å². The molecule has 0 amide bonds. The molecule has 1 nitrogen and oxygen atoms in total. The average Bonchev–Trinajstić information content (AvgIpc) is 2.37. The van der Waals surface area contributed by atoms with Crippen LogP contribution >= 0.6 is 0 Å². The summed E-state index contributed by atoms with van der Waals surface area (Å²) in [5.41, 5.74) is 2.65. The van der Waals surface area contributed by atoms with Crippen LogP contribution in [0.1, 0.15) is 11.1 Å². The Morgan fingerprint density at radius 2 is 1.24 bits per heavy atom. The van der Waals surface area contributed by atoms with Crippen molar-refractivity contribution in [2.75, 3.05) is 6.54 Å². The first-order chi connectivity index (χ1) is 7.95. The third kappa shape index (κ3) is 5.24. The molecule has 0 saturated heterocycles. The van der Waals surface area contributed by atoms with Crippen LogP contribution in [0.3, 0.4) is 0 Å². The molecule has 0 heterocycles. The standard InChI is InChI=1S/C15H16N.Li/c1-3-7-14(8-4-1)11-12-16-13-15-9-5-2-6-10-15;/h1-10H,11-13H2;/q-1;+1. The summed E-state index contributed by atoms with van der Waals surface area (Å²) in [5.74, 6) is 0. The summed E-state index contributed by atoms with van der Waals surface area (Å²) < 4.78 is 0. The second kappa shape index (κ2) is 8.14. The van der Waals surface area contributed by atoms with Gasteiger partial charge in [-0.05, 0) is 12.0 Å². The van der Waals surface area contributed by atoms with Crippen molar-refractivity contribution in [1.82, 2.24) is 0 Å². The molecule has 2 aromatic rings. The zero-order chi connectivity index (χ0) is 11.1. The Hall–Kier alpha value is -1.00. The molecule has 2 heteroatoms. The van der Waals surface area contributed by atoms with Crippen molar-refractivity contribution in [3.63, 3.8) is 0 Å². The minimum absolute atomic E-state index is 0. The molecular weight excluding hydrogens is 201 g/mol. The fourth-order valence-corrected chi connectivity index (χ4v) is 1.64. The molecule has 0 saturated carbocycles. The molecule has 0 N–H and O–H groups in total. The summed E-state index contributed by atoms with van der Waals surface area (Å²) in [7, 11) is 0. The van der Waals surface area contributed by atoms with Crippen molar-refractivity contribution >= 4 is 0 Å². The van der Waals surface area contributed by atoms with E-state index in [1.165, 1.54) is 11.1 Å². The molecular formula is C15H16LiN. The van der Waals surface area contributed by atoms with Crippen LogP contribution in [-0.2, 0) is 13.0 Å². The van der Waals surface area contributed by atoms with Gasteiger partial charge < -0.3 is 5.32 Å². The van der Waals surface area contributed by atoms with Crippen molar-refractivity contribution < 1.29 is 18.9 Å². The second-order valence-corrected chi connectivity index (χ2v) is 3.83. The maximum atomic E-state index is 4.54. The smallest absolute Gasteiger partial charge is 0.658 e. The molecule has 0 radical (unpaired) electrons. The summed E-state index contributed by atoms with van der Waals surface area (Å²) in [6.07, 6.45) is 1.04. The molecule has 0 atom stereocenters. The van der Waals surface area contributed by atoms with Crippen molar-refractivity contribution in [3.8, 4) is 0 Å². The van der Waals surface area contributed by atoms with Crippen molar-refractivity contribution in [1.29, 1.82) is 0 Å². The van der Waals surface area contributed by atoms with Crippen LogP contribution in [0.5, 0.6) is 0 Å². The maximum Gasteiger partial charge on any atom is 1.00 e. The van der Waals surface area contributed by atoms with E-state index >= 15 is 0 Å². The number of rotatable bonds is 5. The van der Waals surface area contributed by atoms with Crippen LogP contribution in [-0.4, -0.2) is 6.54 Å². The fourth-order valence-electron chi connectivity index (χ4n) is 1.64. The van der Waals surface area contributed by atoms with Gasteiger partial charge >= 0.3 is 18.9 Å². The minimum Gasteiger partial charge on any atom is -0.658 e. The van der Waals surface area contributed by atoms with Gasteiger partial charge in [0.05, 0.1) is 0 Å². The first-order valence-electron chi connectivity index (χ1n) is 5.66. The molecule has 0 spiro atoms. The third-order valence-electron chi connectivity index (χ3n) is 2.54. The summed E-state index contributed by atoms with van der Waals surface area (Å²) in [4.78, 5) is 0. The monoisotopic (exact) mass is 217 g/mol. The molecule has 0 unspecified atom stereocenters. The predicted octanol–water partition coefficient (Wildman–Crippen LogP) is 0.807. The Kier molecular flexibility index (Phi) is 6.73. The zero-order valence-electron chi connectivity index (χ0n) is 10.3. The summed E-state index contributed by atoms with van der Waals surface area (Å²) >= 11 is 0. The molecule has 0 aliphatic rings. The first-order valence-corrected chi connectivity index (χ1v) is 5.66. The largest absolute Gasteiger partial charge is 1.00 e. The first kappa shape index (κ1) is 14.1. The fraction of sp³-hybridized carbons (Fsp3) is 0.200. The van der Waals surface area contributed by atoms with E-state index < -0.39 is 0 Å². The van der Waals surface area contributed by atoms with Crippen LogP contribution in [0.4, 0.5) is 0 Å². The molecule has 0 fully saturated rings. The van der Waals surface area contributed by atoms with Gasteiger partial charge in [-0.15, -0.1) is 13.1 Å². The molecule has 2 rings (SSSR count). The quantitative estimate of drug-likeness (QED) is 0.520. The van der Waals surface area contributed by atoms with E-state index in [0.717, 1.165) is 19.5 Å². The summed E-state index contributed by atoms with van der Waals surface area (Å²) in [5, 5.41) is 4.54. The number of benzene rings is 2. The second-order valence-electron chi connectivity index (χ2n) is 3.83. The zero-order valence-corrected chi connectivity index (χ0v) is 10.3. The molecule has 0 aromatic heterocycles. The normalized spacial score (nSPS) is 9.65. The van der Waals surface area contributed by atoms with Gasteiger partial charge in [0.25, 0.3) is 0 Å². The SMILES string of the molecule is [Li+].c1ccc(CC[N-]Cc2ccccc2)cc1. The van der Waals surface area contributed by atoms with E-state index in [4.69, 9.17) is 0 Å². The molecule has 0 aliphatic carbocycles. The Morgan fingerprint density at radius 1 is 0.706 bits per heavy atom. The van der Waals surface area contributed by atoms with Crippen molar-refractivity contribution in [2.45, 2.75) is 13.0 Å². The Morgan fingerprint density at radius 3 is 1.82 bits per heavy atom. The van der Waals surface area contributed by atoms with Gasteiger partial charge in [0.15, 0.2) is 0 Å². The van der Waals surface area contributed by atoms with E-state index in [1.54, 1.807) is 0 Å². The molecule has 0 bridgehead atoms. The minimum atomic E-state index is 0. The maximum absolute atomic E-state index is 4.54. The van der Waals surface area contributed by atoms with Crippen molar-refractivity contribution in [3.05, 3.63) is 77.1 Å². The predicted molar refractivity (Wildman–Crippen MR) is 68.5 cm³/mol. The van der Waals surface area contributed by atoms with Gasteiger partial charge in [-0.3, -0.25) is 0 Å². The van der Waals surface area contributed by atoms with Gasteiger partial charge in [0, 0.05) is 0 Å². The number of nitrogens with zero attached hydrogens (tertiary/aromatic N) is 1. The van der Waals surface area contributed by atoms with Crippen LogP contribution in [0.15, 0.2) is 60.7 Å². The molecule has 0 aliphatic heterocycles. The number of hydrogen-bond acceptors (Lipinski definition) is 0. The molecule has 17 heavy (non-hydrogen) atoms. The van der Waals surface area contributed by atoms with Gasteiger partial charge in [-0.1, -0.05) is 66.2 Å². The third-order valence-corrected chi connectivity index (χ3v) is 2.54. The van der Waals surface area contributed by atoms with Gasteiger partial charge in [-0.2, -0.15) is 0 Å². The van der Waals surface area contributed by atoms with Crippen molar-refractivity contribution in [2.24, 2.45) is 0 Å². The van der Waals surface area contributed by atoms with Crippen LogP contribution in [0.2, 0.25) is 0 Å². The summed E-state index contributed by atoms with van der Waals surface area (Å²) in [6.45, 7) is 1.73. The van der Waals surface area contributed by atoms with E-state index in [0.29, 0.717) is 0 Å². The van der Waals surface area contributed by atoms with E-state index in [2.05, 4.69) is 53.8 Å².